The minimum absolute atomic E-state index is 0.0312. The Morgan fingerprint density at radius 2 is 2.00 bits per heavy atom. The molecule has 0 amide bonds. The van der Waals surface area contributed by atoms with Gasteiger partial charge >= 0.3 is 5.97 Å². The van der Waals surface area contributed by atoms with E-state index in [0.29, 0.717) is 10.2 Å². The van der Waals surface area contributed by atoms with E-state index < -0.39 is 5.97 Å². The summed E-state index contributed by atoms with van der Waals surface area (Å²) in [5.74, 6) is -0.423. The molecule has 0 aliphatic heterocycles. The molecule has 8 nitrogen and oxygen atoms in total. The molecular formula is C13H14BrN3O5. The molecule has 0 saturated heterocycles. The van der Waals surface area contributed by atoms with Gasteiger partial charge in [-0.05, 0) is 28.9 Å². The molecule has 0 bridgehead atoms. The number of benzene rings is 1. The van der Waals surface area contributed by atoms with Crippen LogP contribution < -0.4 is 9.47 Å². The van der Waals surface area contributed by atoms with E-state index in [1.807, 2.05) is 0 Å². The van der Waals surface area contributed by atoms with Gasteiger partial charge in [-0.1, -0.05) is 0 Å². The summed E-state index contributed by atoms with van der Waals surface area (Å²) in [5.41, 5.74) is 0.371. The summed E-state index contributed by atoms with van der Waals surface area (Å²) in [4.78, 5) is 11.9. The number of aromatic hydroxyl groups is 1. The molecule has 0 fully saturated rings. The van der Waals surface area contributed by atoms with Crippen molar-refractivity contribution >= 4 is 21.9 Å². The van der Waals surface area contributed by atoms with Crippen LogP contribution in [0.15, 0.2) is 10.5 Å². The van der Waals surface area contributed by atoms with Crippen molar-refractivity contribution in [2.24, 2.45) is 0 Å². The number of hydrogen-bond acceptors (Lipinski definition) is 7. The van der Waals surface area contributed by atoms with Gasteiger partial charge in [0.2, 0.25) is 5.75 Å². The third-order valence-electron chi connectivity index (χ3n) is 2.84. The zero-order chi connectivity index (χ0) is 16.3. The van der Waals surface area contributed by atoms with E-state index in [1.165, 1.54) is 14.2 Å². The highest BCUT2D eigenvalue weighted by atomic mass is 79.9. The van der Waals surface area contributed by atoms with Gasteiger partial charge in [0.15, 0.2) is 17.2 Å². The van der Waals surface area contributed by atoms with Crippen LogP contribution in [0.2, 0.25) is 0 Å². The van der Waals surface area contributed by atoms with Gasteiger partial charge in [0.05, 0.1) is 30.9 Å². The molecule has 1 aromatic carbocycles. The number of aromatic nitrogens is 3. The van der Waals surface area contributed by atoms with Gasteiger partial charge in [-0.2, -0.15) is 10.3 Å². The Balaban J connectivity index is 2.62. The Kier molecular flexibility index (Phi) is 4.86. The first-order valence-corrected chi connectivity index (χ1v) is 7.06. The summed E-state index contributed by atoms with van der Waals surface area (Å²) >= 11 is 3.32. The van der Waals surface area contributed by atoms with Crippen molar-refractivity contribution in [3.05, 3.63) is 16.2 Å². The number of H-pyrrole nitrogens is 1. The van der Waals surface area contributed by atoms with Crippen LogP contribution >= 0.6 is 15.9 Å². The van der Waals surface area contributed by atoms with E-state index in [9.17, 15) is 9.90 Å². The SMILES string of the molecule is CCOC(=O)c1n[nH]nc1-c1cc(Br)c(OC)c(OC)c1O. The predicted octanol–water partition coefficient (Wildman–Crippen LogP) is 2.13. The van der Waals surface area contributed by atoms with E-state index in [4.69, 9.17) is 14.2 Å². The highest BCUT2D eigenvalue weighted by Crippen LogP contribution is 2.47. The summed E-state index contributed by atoms with van der Waals surface area (Å²) in [5, 5.41) is 20.4. The highest BCUT2D eigenvalue weighted by Gasteiger charge is 2.26. The van der Waals surface area contributed by atoms with Gasteiger partial charge in [-0.3, -0.25) is 0 Å². The third kappa shape index (κ3) is 2.71. The first-order valence-electron chi connectivity index (χ1n) is 6.26. The van der Waals surface area contributed by atoms with Gasteiger partial charge in [-0.15, -0.1) is 5.10 Å². The second-order valence-corrected chi connectivity index (χ2v) is 4.92. The molecular weight excluding hydrogens is 358 g/mol. The van der Waals surface area contributed by atoms with E-state index in [1.54, 1.807) is 13.0 Å². The van der Waals surface area contributed by atoms with Crippen molar-refractivity contribution in [3.63, 3.8) is 0 Å². The Labute approximate surface area is 134 Å². The average molecular weight is 372 g/mol. The largest absolute Gasteiger partial charge is 0.504 e. The van der Waals surface area contributed by atoms with Crippen LogP contribution in [0.3, 0.4) is 0 Å². The number of nitrogens with one attached hydrogen (secondary N) is 1. The number of carbonyl (C=O) groups is 1. The van der Waals surface area contributed by atoms with Crippen LogP contribution in [0, 0.1) is 0 Å². The molecule has 9 heteroatoms. The average Bonchev–Trinajstić information content (AvgIpc) is 2.98. The first-order chi connectivity index (χ1) is 10.5. The van der Waals surface area contributed by atoms with Crippen molar-refractivity contribution in [1.29, 1.82) is 0 Å². The minimum atomic E-state index is -0.642. The fourth-order valence-electron chi connectivity index (χ4n) is 1.92. The number of hydrogen-bond donors (Lipinski definition) is 2. The number of carbonyl (C=O) groups excluding carboxylic acids is 1. The number of nitrogens with zero attached hydrogens (tertiary/aromatic N) is 2. The summed E-state index contributed by atoms with van der Waals surface area (Å²) in [6.45, 7) is 1.88. The second-order valence-electron chi connectivity index (χ2n) is 4.06. The third-order valence-corrected chi connectivity index (χ3v) is 3.43. The Bertz CT molecular complexity index is 701. The van der Waals surface area contributed by atoms with Crippen LogP contribution in [-0.2, 0) is 4.74 Å². The van der Waals surface area contributed by atoms with Crippen LogP contribution in [0.4, 0.5) is 0 Å². The first kappa shape index (κ1) is 16.1. The van der Waals surface area contributed by atoms with Gasteiger partial charge in [0.1, 0.15) is 5.69 Å². The molecule has 0 spiro atoms. The number of methoxy groups -OCH3 is 2. The zero-order valence-electron chi connectivity index (χ0n) is 12.1. The van der Waals surface area contributed by atoms with Gasteiger partial charge in [-0.25, -0.2) is 4.79 Å². The monoisotopic (exact) mass is 371 g/mol. The number of aromatic amines is 1. The fraction of sp³-hybridized carbons (Fsp3) is 0.308. The molecule has 2 N–H and O–H groups in total. The Morgan fingerprint density at radius 3 is 2.59 bits per heavy atom. The molecule has 2 aromatic rings. The number of phenols is 1. The molecule has 1 aromatic heterocycles. The summed E-state index contributed by atoms with van der Waals surface area (Å²) in [6, 6.07) is 1.55. The lowest BCUT2D eigenvalue weighted by Crippen LogP contribution is -2.07. The summed E-state index contributed by atoms with van der Waals surface area (Å²) in [6.07, 6.45) is 0. The predicted molar refractivity (Wildman–Crippen MR) is 80.2 cm³/mol. The molecule has 0 radical (unpaired) electrons. The maximum absolute atomic E-state index is 11.9. The molecule has 118 valence electrons. The molecule has 0 saturated carbocycles. The van der Waals surface area contributed by atoms with Crippen molar-refractivity contribution in [2.75, 3.05) is 20.8 Å². The Hall–Kier alpha value is -2.29. The maximum Gasteiger partial charge on any atom is 0.361 e. The molecule has 0 aliphatic carbocycles. The van der Waals surface area contributed by atoms with Crippen LogP contribution in [0.1, 0.15) is 17.4 Å². The lowest BCUT2D eigenvalue weighted by atomic mass is 10.1. The topological polar surface area (TPSA) is 107 Å². The quantitative estimate of drug-likeness (QED) is 0.775. The van der Waals surface area contributed by atoms with Crippen LogP contribution in [0.5, 0.6) is 17.2 Å². The zero-order valence-corrected chi connectivity index (χ0v) is 13.7. The molecule has 0 atom stereocenters. The van der Waals surface area contributed by atoms with Gasteiger partial charge in [0.25, 0.3) is 0 Å². The molecule has 0 aliphatic rings. The van der Waals surface area contributed by atoms with Crippen molar-refractivity contribution in [3.8, 4) is 28.5 Å². The van der Waals surface area contributed by atoms with Gasteiger partial charge < -0.3 is 19.3 Å². The van der Waals surface area contributed by atoms with Crippen LogP contribution in [0.25, 0.3) is 11.3 Å². The van der Waals surface area contributed by atoms with Crippen molar-refractivity contribution in [1.82, 2.24) is 15.4 Å². The molecule has 2 rings (SSSR count). The number of rotatable bonds is 5. The smallest absolute Gasteiger partial charge is 0.361 e. The van der Waals surface area contributed by atoms with E-state index in [-0.39, 0.29) is 35.1 Å². The van der Waals surface area contributed by atoms with E-state index in [2.05, 4.69) is 31.3 Å². The summed E-state index contributed by atoms with van der Waals surface area (Å²) in [7, 11) is 2.84. The lowest BCUT2D eigenvalue weighted by molar-refractivity contribution is 0.0520. The van der Waals surface area contributed by atoms with E-state index in [0.717, 1.165) is 0 Å². The van der Waals surface area contributed by atoms with E-state index >= 15 is 0 Å². The fourth-order valence-corrected chi connectivity index (χ4v) is 2.49. The Morgan fingerprint density at radius 1 is 1.32 bits per heavy atom. The molecule has 22 heavy (non-hydrogen) atoms. The highest BCUT2D eigenvalue weighted by molar-refractivity contribution is 9.10. The van der Waals surface area contributed by atoms with Crippen LogP contribution in [-0.4, -0.2) is 47.3 Å². The number of ether oxygens (including phenoxy) is 3. The lowest BCUT2D eigenvalue weighted by Gasteiger charge is -2.14. The number of esters is 1. The second kappa shape index (κ2) is 6.65. The maximum atomic E-state index is 11.9. The minimum Gasteiger partial charge on any atom is -0.504 e. The van der Waals surface area contributed by atoms with Gasteiger partial charge in [0, 0.05) is 0 Å². The molecule has 0 unspecified atom stereocenters. The molecule has 1 heterocycles. The van der Waals surface area contributed by atoms with Crippen molar-refractivity contribution < 1.29 is 24.1 Å². The number of phenolic OH excluding ortho intramolecular Hbond substituents is 1. The van der Waals surface area contributed by atoms with Crippen molar-refractivity contribution in [2.45, 2.75) is 6.92 Å². The normalized spacial score (nSPS) is 10.4. The summed E-state index contributed by atoms with van der Waals surface area (Å²) < 4.78 is 15.8. The number of halogens is 1. The standard InChI is InChI=1S/C13H14BrN3O5/c1-4-22-13(19)9-8(15-17-16-9)6-5-7(14)11(20-2)12(21-3)10(6)18/h5,18H,4H2,1-3H3,(H,15,16,17).